The van der Waals surface area contributed by atoms with E-state index >= 15 is 0 Å². The third kappa shape index (κ3) is 1.31. The molecule has 2 aliphatic rings. The summed E-state index contributed by atoms with van der Waals surface area (Å²) in [6.07, 6.45) is 7.47. The van der Waals surface area contributed by atoms with Crippen molar-refractivity contribution >= 4 is 0 Å². The lowest BCUT2D eigenvalue weighted by Crippen LogP contribution is -2.35. The maximum absolute atomic E-state index is 4.45. The molecule has 1 aromatic rings. The summed E-state index contributed by atoms with van der Waals surface area (Å²) in [5.74, 6) is 0. The standard InChI is InChI=1S/C13H18N2/c1-11-4-5-12(10-14-11)13-6-2-8-15(13)9-3-7-13/h4-5,10H,2-3,6-9H2,1H3. The lowest BCUT2D eigenvalue weighted by molar-refractivity contribution is 0.197. The highest BCUT2D eigenvalue weighted by Crippen LogP contribution is 2.46. The van der Waals surface area contributed by atoms with Crippen LogP contribution in [0.5, 0.6) is 0 Å². The van der Waals surface area contributed by atoms with Crippen LogP contribution in [-0.4, -0.2) is 23.0 Å². The molecule has 0 atom stereocenters. The van der Waals surface area contributed by atoms with Crippen LogP contribution >= 0.6 is 0 Å². The Morgan fingerprint density at radius 3 is 2.53 bits per heavy atom. The maximum atomic E-state index is 4.45. The largest absolute Gasteiger partial charge is 0.294 e. The van der Waals surface area contributed by atoms with E-state index in [0.29, 0.717) is 5.54 Å². The van der Waals surface area contributed by atoms with Gasteiger partial charge in [-0.25, -0.2) is 0 Å². The SMILES string of the molecule is Cc1ccc(C23CCCN2CCC3)cn1. The summed E-state index contributed by atoms with van der Waals surface area (Å²) in [6, 6.07) is 4.44. The fraction of sp³-hybridized carbons (Fsp3) is 0.615. The second kappa shape index (κ2) is 3.31. The van der Waals surface area contributed by atoms with Crippen molar-refractivity contribution in [1.29, 1.82) is 0 Å². The van der Waals surface area contributed by atoms with Gasteiger partial charge < -0.3 is 0 Å². The summed E-state index contributed by atoms with van der Waals surface area (Å²) in [4.78, 5) is 7.12. The van der Waals surface area contributed by atoms with Crippen LogP contribution in [0.25, 0.3) is 0 Å². The zero-order valence-corrected chi connectivity index (χ0v) is 9.37. The Labute approximate surface area is 91.3 Å². The quantitative estimate of drug-likeness (QED) is 0.695. The number of rotatable bonds is 1. The third-order valence-corrected chi connectivity index (χ3v) is 4.09. The van der Waals surface area contributed by atoms with Crippen molar-refractivity contribution in [3.05, 3.63) is 29.6 Å². The van der Waals surface area contributed by atoms with Crippen molar-refractivity contribution in [3.8, 4) is 0 Å². The fourth-order valence-electron chi connectivity index (χ4n) is 3.32. The van der Waals surface area contributed by atoms with E-state index in [1.165, 1.54) is 44.3 Å². The van der Waals surface area contributed by atoms with E-state index in [0.717, 1.165) is 5.69 Å². The van der Waals surface area contributed by atoms with Gasteiger partial charge in [-0.3, -0.25) is 9.88 Å². The van der Waals surface area contributed by atoms with Crippen molar-refractivity contribution in [3.63, 3.8) is 0 Å². The average molecular weight is 202 g/mol. The van der Waals surface area contributed by atoms with Crippen LogP contribution in [0, 0.1) is 6.92 Å². The van der Waals surface area contributed by atoms with Crippen LogP contribution in [0.2, 0.25) is 0 Å². The normalized spacial score (nSPS) is 24.3. The van der Waals surface area contributed by atoms with Crippen LogP contribution < -0.4 is 0 Å². The topological polar surface area (TPSA) is 16.1 Å². The number of hydrogen-bond acceptors (Lipinski definition) is 2. The van der Waals surface area contributed by atoms with E-state index < -0.39 is 0 Å². The summed E-state index contributed by atoms with van der Waals surface area (Å²) in [5, 5.41) is 0. The number of hydrogen-bond donors (Lipinski definition) is 0. The Bertz CT molecular complexity index is 345. The molecule has 2 heteroatoms. The lowest BCUT2D eigenvalue weighted by Gasteiger charge is -2.32. The first-order chi connectivity index (χ1) is 7.31. The molecule has 3 rings (SSSR count). The van der Waals surface area contributed by atoms with Crippen molar-refractivity contribution in [2.45, 2.75) is 38.1 Å². The average Bonchev–Trinajstić information content (AvgIpc) is 2.77. The molecule has 0 unspecified atom stereocenters. The van der Waals surface area contributed by atoms with Gasteiger partial charge in [0.15, 0.2) is 0 Å². The Kier molecular flexibility index (Phi) is 2.06. The Morgan fingerprint density at radius 1 is 1.20 bits per heavy atom. The predicted octanol–water partition coefficient (Wildman–Crippen LogP) is 2.47. The second-order valence-corrected chi connectivity index (χ2v) is 4.91. The molecule has 0 bridgehead atoms. The number of fused-ring (bicyclic) bond motifs is 1. The number of aryl methyl sites for hydroxylation is 1. The van der Waals surface area contributed by atoms with E-state index in [9.17, 15) is 0 Å². The molecule has 2 fully saturated rings. The molecule has 3 heterocycles. The van der Waals surface area contributed by atoms with Gasteiger partial charge in [-0.1, -0.05) is 6.07 Å². The molecule has 0 radical (unpaired) electrons. The predicted molar refractivity (Wildman–Crippen MR) is 60.7 cm³/mol. The number of aromatic nitrogens is 1. The smallest absolute Gasteiger partial charge is 0.0476 e. The highest BCUT2D eigenvalue weighted by molar-refractivity contribution is 5.26. The third-order valence-electron chi connectivity index (χ3n) is 4.09. The van der Waals surface area contributed by atoms with E-state index in [-0.39, 0.29) is 0 Å². The van der Waals surface area contributed by atoms with Crippen molar-refractivity contribution in [2.24, 2.45) is 0 Å². The molecule has 0 saturated carbocycles. The summed E-state index contributed by atoms with van der Waals surface area (Å²) in [6.45, 7) is 4.63. The Morgan fingerprint density at radius 2 is 1.93 bits per heavy atom. The van der Waals surface area contributed by atoms with E-state index in [2.05, 4.69) is 35.1 Å². The van der Waals surface area contributed by atoms with Gasteiger partial charge in [-0.05, 0) is 57.3 Å². The highest BCUT2D eigenvalue weighted by Gasteiger charge is 2.45. The molecule has 0 aromatic carbocycles. The molecule has 2 saturated heterocycles. The van der Waals surface area contributed by atoms with Gasteiger partial charge in [0.25, 0.3) is 0 Å². The molecule has 0 spiro atoms. The van der Waals surface area contributed by atoms with Crippen molar-refractivity contribution in [1.82, 2.24) is 9.88 Å². The molecule has 0 aliphatic carbocycles. The van der Waals surface area contributed by atoms with Crippen molar-refractivity contribution in [2.75, 3.05) is 13.1 Å². The van der Waals surface area contributed by atoms with Crippen LogP contribution in [-0.2, 0) is 5.54 Å². The molecule has 1 aromatic heterocycles. The highest BCUT2D eigenvalue weighted by atomic mass is 15.2. The monoisotopic (exact) mass is 202 g/mol. The zero-order chi connectivity index (χ0) is 10.3. The van der Waals surface area contributed by atoms with E-state index in [1.54, 1.807) is 0 Å². The van der Waals surface area contributed by atoms with Crippen molar-refractivity contribution < 1.29 is 0 Å². The van der Waals surface area contributed by atoms with Gasteiger partial charge in [0.2, 0.25) is 0 Å². The summed E-state index contributed by atoms with van der Waals surface area (Å²) in [7, 11) is 0. The van der Waals surface area contributed by atoms with Crippen LogP contribution in [0.4, 0.5) is 0 Å². The number of nitrogens with zero attached hydrogens (tertiary/aromatic N) is 2. The van der Waals surface area contributed by atoms with Gasteiger partial charge in [-0.15, -0.1) is 0 Å². The first kappa shape index (κ1) is 9.34. The minimum atomic E-state index is 0.362. The Balaban J connectivity index is 2.01. The van der Waals surface area contributed by atoms with Crippen LogP contribution in [0.1, 0.15) is 36.9 Å². The van der Waals surface area contributed by atoms with E-state index in [1.807, 2.05) is 0 Å². The Hall–Kier alpha value is -0.890. The van der Waals surface area contributed by atoms with Gasteiger partial charge >= 0.3 is 0 Å². The zero-order valence-electron chi connectivity index (χ0n) is 9.37. The van der Waals surface area contributed by atoms with Crippen LogP contribution in [0.3, 0.4) is 0 Å². The number of pyridine rings is 1. The van der Waals surface area contributed by atoms with E-state index in [4.69, 9.17) is 0 Å². The van der Waals surface area contributed by atoms with Crippen LogP contribution in [0.15, 0.2) is 18.3 Å². The second-order valence-electron chi connectivity index (χ2n) is 4.91. The molecule has 2 nitrogen and oxygen atoms in total. The minimum absolute atomic E-state index is 0.362. The summed E-state index contributed by atoms with van der Waals surface area (Å²) in [5.41, 5.74) is 2.93. The summed E-state index contributed by atoms with van der Waals surface area (Å²) < 4.78 is 0. The van der Waals surface area contributed by atoms with Gasteiger partial charge in [0, 0.05) is 17.4 Å². The first-order valence-corrected chi connectivity index (χ1v) is 5.99. The molecule has 2 aliphatic heterocycles. The first-order valence-electron chi connectivity index (χ1n) is 5.99. The fourth-order valence-corrected chi connectivity index (χ4v) is 3.32. The minimum Gasteiger partial charge on any atom is -0.294 e. The molecule has 80 valence electrons. The lowest BCUT2D eigenvalue weighted by atomic mass is 9.87. The van der Waals surface area contributed by atoms with Gasteiger partial charge in [0.1, 0.15) is 0 Å². The molecule has 0 N–H and O–H groups in total. The molecular weight excluding hydrogens is 184 g/mol. The molecular formula is C13H18N2. The molecule has 15 heavy (non-hydrogen) atoms. The maximum Gasteiger partial charge on any atom is 0.0476 e. The van der Waals surface area contributed by atoms with Gasteiger partial charge in [-0.2, -0.15) is 0 Å². The molecule has 0 amide bonds. The summed E-state index contributed by atoms with van der Waals surface area (Å²) >= 11 is 0. The van der Waals surface area contributed by atoms with Gasteiger partial charge in [0.05, 0.1) is 0 Å².